The molecule has 3 aromatic rings. The molecule has 25 heavy (non-hydrogen) atoms. The molecule has 0 bridgehead atoms. The zero-order chi connectivity index (χ0) is 17.4. The van der Waals surface area contributed by atoms with Crippen LogP contribution in [0.25, 0.3) is 20.4 Å². The first-order valence-corrected chi connectivity index (χ1v) is 10.1. The van der Waals surface area contributed by atoms with E-state index in [0.29, 0.717) is 11.7 Å². The SMILES string of the molecule is Cc1nc2sc3ccccc3c2n(CCCN2CCCCC2C)c1=O. The summed E-state index contributed by atoms with van der Waals surface area (Å²) in [6.45, 7) is 7.19. The van der Waals surface area contributed by atoms with E-state index in [1.807, 2.05) is 23.6 Å². The van der Waals surface area contributed by atoms with E-state index in [9.17, 15) is 4.79 Å². The van der Waals surface area contributed by atoms with Gasteiger partial charge in [-0.2, -0.15) is 0 Å². The Labute approximate surface area is 152 Å². The number of hydrogen-bond donors (Lipinski definition) is 0. The monoisotopic (exact) mass is 355 g/mol. The summed E-state index contributed by atoms with van der Waals surface area (Å²) < 4.78 is 3.17. The van der Waals surface area contributed by atoms with Crippen LogP contribution in [0.4, 0.5) is 0 Å². The number of rotatable bonds is 4. The topological polar surface area (TPSA) is 38.1 Å². The van der Waals surface area contributed by atoms with Crippen LogP contribution in [-0.4, -0.2) is 33.6 Å². The van der Waals surface area contributed by atoms with Crippen molar-refractivity contribution in [2.45, 2.75) is 52.1 Å². The fourth-order valence-corrected chi connectivity index (χ4v) is 5.12. The Morgan fingerprint density at radius 1 is 1.24 bits per heavy atom. The Morgan fingerprint density at radius 2 is 2.08 bits per heavy atom. The van der Waals surface area contributed by atoms with Gasteiger partial charge in [-0.25, -0.2) is 4.98 Å². The second-order valence-corrected chi connectivity index (χ2v) is 8.17. The van der Waals surface area contributed by atoms with Crippen LogP contribution in [0.3, 0.4) is 0 Å². The van der Waals surface area contributed by atoms with Crippen LogP contribution in [0, 0.1) is 6.92 Å². The van der Waals surface area contributed by atoms with Crippen LogP contribution < -0.4 is 5.56 Å². The van der Waals surface area contributed by atoms with Crippen LogP contribution in [0.15, 0.2) is 29.1 Å². The lowest BCUT2D eigenvalue weighted by Crippen LogP contribution is -2.38. The summed E-state index contributed by atoms with van der Waals surface area (Å²) in [6, 6.07) is 8.98. The molecule has 0 N–H and O–H groups in total. The molecule has 1 fully saturated rings. The first-order valence-electron chi connectivity index (χ1n) is 9.28. The molecule has 0 amide bonds. The summed E-state index contributed by atoms with van der Waals surface area (Å²) in [5.41, 5.74) is 1.68. The maximum atomic E-state index is 12.8. The van der Waals surface area contributed by atoms with E-state index in [-0.39, 0.29) is 5.56 Å². The van der Waals surface area contributed by atoms with Crippen molar-refractivity contribution < 1.29 is 0 Å². The van der Waals surface area contributed by atoms with Crippen molar-refractivity contribution in [2.24, 2.45) is 0 Å². The van der Waals surface area contributed by atoms with Gasteiger partial charge in [-0.3, -0.25) is 4.79 Å². The van der Waals surface area contributed by atoms with Crippen molar-refractivity contribution in [3.05, 3.63) is 40.3 Å². The fraction of sp³-hybridized carbons (Fsp3) is 0.500. The molecule has 0 saturated carbocycles. The Kier molecular flexibility index (Phi) is 4.61. The van der Waals surface area contributed by atoms with Crippen LogP contribution >= 0.6 is 11.3 Å². The van der Waals surface area contributed by atoms with E-state index in [1.54, 1.807) is 11.3 Å². The van der Waals surface area contributed by atoms with Crippen molar-refractivity contribution in [1.29, 1.82) is 0 Å². The summed E-state index contributed by atoms with van der Waals surface area (Å²) in [6.07, 6.45) is 4.96. The van der Waals surface area contributed by atoms with Gasteiger partial charge in [0.1, 0.15) is 10.5 Å². The van der Waals surface area contributed by atoms with E-state index >= 15 is 0 Å². The van der Waals surface area contributed by atoms with Gasteiger partial charge in [-0.1, -0.05) is 24.6 Å². The lowest BCUT2D eigenvalue weighted by molar-refractivity contribution is 0.157. The number of thiophene rings is 1. The van der Waals surface area contributed by atoms with Gasteiger partial charge in [0.05, 0.1) is 5.52 Å². The number of hydrogen-bond acceptors (Lipinski definition) is 4. The summed E-state index contributed by atoms with van der Waals surface area (Å²) in [4.78, 5) is 20.9. The first kappa shape index (κ1) is 16.7. The molecular weight excluding hydrogens is 330 g/mol. The molecule has 1 saturated heterocycles. The summed E-state index contributed by atoms with van der Waals surface area (Å²) in [5.74, 6) is 0. The predicted molar refractivity (Wildman–Crippen MR) is 106 cm³/mol. The van der Waals surface area contributed by atoms with Crippen molar-refractivity contribution in [1.82, 2.24) is 14.5 Å². The highest BCUT2D eigenvalue weighted by molar-refractivity contribution is 7.25. The molecule has 1 unspecified atom stereocenters. The second kappa shape index (κ2) is 6.89. The number of piperidine rings is 1. The van der Waals surface area contributed by atoms with E-state index < -0.39 is 0 Å². The number of fused-ring (bicyclic) bond motifs is 3. The van der Waals surface area contributed by atoms with Gasteiger partial charge >= 0.3 is 0 Å². The third-order valence-electron chi connectivity index (χ3n) is 5.41. The maximum Gasteiger partial charge on any atom is 0.272 e. The molecule has 5 heteroatoms. The molecule has 1 aromatic carbocycles. The number of aromatic nitrogens is 2. The minimum atomic E-state index is 0.0581. The predicted octanol–water partition coefficient (Wildman–Crippen LogP) is 4.18. The highest BCUT2D eigenvalue weighted by Crippen LogP contribution is 2.31. The molecule has 1 atom stereocenters. The van der Waals surface area contributed by atoms with Gasteiger partial charge in [-0.15, -0.1) is 11.3 Å². The van der Waals surface area contributed by atoms with Gasteiger partial charge in [-0.05, 0) is 45.7 Å². The quantitative estimate of drug-likeness (QED) is 0.704. The van der Waals surface area contributed by atoms with E-state index in [4.69, 9.17) is 0 Å². The molecule has 4 nitrogen and oxygen atoms in total. The normalized spacial score (nSPS) is 19.0. The van der Waals surface area contributed by atoms with Crippen LogP contribution in [0.2, 0.25) is 0 Å². The molecule has 0 radical (unpaired) electrons. The van der Waals surface area contributed by atoms with Crippen molar-refractivity contribution in [2.75, 3.05) is 13.1 Å². The molecule has 4 rings (SSSR count). The molecule has 1 aliphatic heterocycles. The average molecular weight is 356 g/mol. The second-order valence-electron chi connectivity index (χ2n) is 7.14. The van der Waals surface area contributed by atoms with Crippen LogP contribution in [0.5, 0.6) is 0 Å². The number of likely N-dealkylation sites (tertiary alicyclic amines) is 1. The first-order chi connectivity index (χ1) is 12.1. The number of nitrogens with zero attached hydrogens (tertiary/aromatic N) is 3. The standard InChI is InChI=1S/C20H25N3OS/c1-14-8-5-6-11-22(14)12-7-13-23-18-16-9-3-4-10-17(16)25-19(18)21-15(2)20(23)24/h3-4,9-10,14H,5-8,11-13H2,1-2H3. The highest BCUT2D eigenvalue weighted by atomic mass is 32.1. The van der Waals surface area contributed by atoms with Gasteiger partial charge < -0.3 is 9.47 Å². The van der Waals surface area contributed by atoms with Crippen molar-refractivity contribution >= 4 is 31.8 Å². The van der Waals surface area contributed by atoms with Gasteiger partial charge in [0, 0.05) is 29.2 Å². The summed E-state index contributed by atoms with van der Waals surface area (Å²) in [5, 5.41) is 1.15. The van der Waals surface area contributed by atoms with Crippen LogP contribution in [0.1, 0.15) is 38.3 Å². The number of aryl methyl sites for hydroxylation is 2. The highest BCUT2D eigenvalue weighted by Gasteiger charge is 2.18. The van der Waals surface area contributed by atoms with E-state index in [2.05, 4.69) is 28.9 Å². The minimum absolute atomic E-state index is 0.0581. The average Bonchev–Trinajstić information content (AvgIpc) is 2.97. The van der Waals surface area contributed by atoms with Gasteiger partial charge in [0.25, 0.3) is 5.56 Å². The molecule has 1 aliphatic rings. The molecule has 132 valence electrons. The molecule has 2 aromatic heterocycles. The lowest BCUT2D eigenvalue weighted by Gasteiger charge is -2.33. The third kappa shape index (κ3) is 3.11. The smallest absolute Gasteiger partial charge is 0.272 e. The largest absolute Gasteiger partial charge is 0.304 e. The third-order valence-corrected chi connectivity index (χ3v) is 6.47. The Hall–Kier alpha value is -1.72. The van der Waals surface area contributed by atoms with Gasteiger partial charge in [0.2, 0.25) is 0 Å². The molecule has 0 aliphatic carbocycles. The molecular formula is C20H25N3OS. The minimum Gasteiger partial charge on any atom is -0.304 e. The zero-order valence-electron chi connectivity index (χ0n) is 15.0. The molecule has 0 spiro atoms. The fourth-order valence-electron chi connectivity index (χ4n) is 3.99. The molecule has 3 heterocycles. The number of benzene rings is 1. The Balaban J connectivity index is 1.66. The van der Waals surface area contributed by atoms with Crippen LogP contribution in [-0.2, 0) is 6.54 Å². The van der Waals surface area contributed by atoms with Crippen molar-refractivity contribution in [3.8, 4) is 0 Å². The van der Waals surface area contributed by atoms with E-state index in [0.717, 1.165) is 35.2 Å². The summed E-state index contributed by atoms with van der Waals surface area (Å²) in [7, 11) is 0. The van der Waals surface area contributed by atoms with Gasteiger partial charge in [0.15, 0.2) is 0 Å². The zero-order valence-corrected chi connectivity index (χ0v) is 15.8. The lowest BCUT2D eigenvalue weighted by atomic mass is 10.0. The van der Waals surface area contributed by atoms with E-state index in [1.165, 1.54) is 30.5 Å². The van der Waals surface area contributed by atoms with Crippen molar-refractivity contribution in [3.63, 3.8) is 0 Å². The Morgan fingerprint density at radius 3 is 2.92 bits per heavy atom. The Bertz CT molecular complexity index is 959. The maximum absolute atomic E-state index is 12.8. The summed E-state index contributed by atoms with van der Waals surface area (Å²) >= 11 is 1.68.